The molecule has 5 nitrogen and oxygen atoms in total. The number of aryl methyl sites for hydroxylation is 1. The molecule has 0 atom stereocenters. The highest BCUT2D eigenvalue weighted by atomic mass is 16.2. The van der Waals surface area contributed by atoms with E-state index in [4.69, 9.17) is 0 Å². The van der Waals surface area contributed by atoms with Crippen molar-refractivity contribution >= 4 is 11.9 Å². The molecule has 118 valence electrons. The fourth-order valence-corrected chi connectivity index (χ4v) is 3.36. The second kappa shape index (κ2) is 6.38. The summed E-state index contributed by atoms with van der Waals surface area (Å²) >= 11 is 0. The third-order valence-corrected chi connectivity index (χ3v) is 4.68. The molecule has 2 fully saturated rings. The molecule has 1 aromatic rings. The predicted octanol–water partition coefficient (Wildman–Crippen LogP) is 2.01. The third kappa shape index (κ3) is 2.93. The first-order valence-electron chi connectivity index (χ1n) is 8.06. The van der Waals surface area contributed by atoms with Crippen molar-refractivity contribution < 1.29 is 9.59 Å². The van der Waals surface area contributed by atoms with Crippen LogP contribution in [-0.4, -0.2) is 54.0 Å². The molecule has 2 aliphatic rings. The van der Waals surface area contributed by atoms with Gasteiger partial charge in [0.2, 0.25) is 0 Å². The molecule has 2 aliphatic heterocycles. The van der Waals surface area contributed by atoms with Crippen LogP contribution in [0.1, 0.15) is 35.2 Å². The fraction of sp³-hybridized carbons (Fsp3) is 0.529. The molecule has 2 saturated heterocycles. The van der Waals surface area contributed by atoms with Crippen molar-refractivity contribution in [2.24, 2.45) is 0 Å². The summed E-state index contributed by atoms with van der Waals surface area (Å²) in [5.74, 6) is 0.111. The van der Waals surface area contributed by atoms with Crippen molar-refractivity contribution in [1.29, 1.82) is 0 Å². The number of carbonyl (C=O) groups excluding carboxylic acids is 2. The Labute approximate surface area is 131 Å². The van der Waals surface area contributed by atoms with Gasteiger partial charge in [0.15, 0.2) is 0 Å². The largest absolute Gasteiger partial charge is 0.338 e. The summed E-state index contributed by atoms with van der Waals surface area (Å²) in [6.07, 6.45) is 2.74. The first-order valence-corrected chi connectivity index (χ1v) is 8.06. The highest BCUT2D eigenvalue weighted by Crippen LogP contribution is 2.21. The Hall–Kier alpha value is -2.04. The SMILES string of the molecule is Cc1ccccc1C(=O)N1CCC(N2CCCNC2=O)CC1. The molecule has 1 N–H and O–H groups in total. The summed E-state index contributed by atoms with van der Waals surface area (Å²) in [6, 6.07) is 8.04. The maximum Gasteiger partial charge on any atom is 0.317 e. The molecule has 0 bridgehead atoms. The number of nitrogens with zero attached hydrogens (tertiary/aromatic N) is 2. The van der Waals surface area contributed by atoms with E-state index in [2.05, 4.69) is 5.32 Å². The molecule has 0 unspecified atom stereocenters. The van der Waals surface area contributed by atoms with E-state index in [1.54, 1.807) is 0 Å². The van der Waals surface area contributed by atoms with Crippen LogP contribution in [0.4, 0.5) is 4.79 Å². The zero-order valence-electron chi connectivity index (χ0n) is 13.0. The standard InChI is InChI=1S/C17H23N3O2/c1-13-5-2-3-6-15(13)16(21)19-11-7-14(8-12-19)20-10-4-9-18-17(20)22/h2-3,5-6,14H,4,7-12H2,1H3,(H,18,22). The van der Waals surface area contributed by atoms with Crippen molar-refractivity contribution in [3.05, 3.63) is 35.4 Å². The summed E-state index contributed by atoms with van der Waals surface area (Å²) in [6.45, 7) is 5.03. The summed E-state index contributed by atoms with van der Waals surface area (Å²) in [5, 5.41) is 2.90. The summed E-state index contributed by atoms with van der Waals surface area (Å²) in [5.41, 5.74) is 1.81. The van der Waals surface area contributed by atoms with Gasteiger partial charge in [-0.2, -0.15) is 0 Å². The van der Waals surface area contributed by atoms with Crippen LogP contribution in [0.25, 0.3) is 0 Å². The average molecular weight is 301 g/mol. The number of hydrogen-bond donors (Lipinski definition) is 1. The van der Waals surface area contributed by atoms with Crippen LogP contribution in [0.2, 0.25) is 0 Å². The van der Waals surface area contributed by atoms with Crippen LogP contribution >= 0.6 is 0 Å². The van der Waals surface area contributed by atoms with E-state index < -0.39 is 0 Å². The van der Waals surface area contributed by atoms with Crippen LogP contribution in [0.15, 0.2) is 24.3 Å². The van der Waals surface area contributed by atoms with E-state index in [1.807, 2.05) is 41.0 Å². The number of benzene rings is 1. The van der Waals surface area contributed by atoms with Crippen molar-refractivity contribution in [2.75, 3.05) is 26.2 Å². The van der Waals surface area contributed by atoms with Gasteiger partial charge in [0.25, 0.3) is 5.91 Å². The van der Waals surface area contributed by atoms with E-state index in [9.17, 15) is 9.59 Å². The molecule has 3 amide bonds. The monoisotopic (exact) mass is 301 g/mol. The minimum absolute atomic E-state index is 0.0509. The van der Waals surface area contributed by atoms with E-state index >= 15 is 0 Å². The van der Waals surface area contributed by atoms with Crippen LogP contribution in [-0.2, 0) is 0 Å². The molecular formula is C17H23N3O2. The fourth-order valence-electron chi connectivity index (χ4n) is 3.36. The number of rotatable bonds is 2. The first-order chi connectivity index (χ1) is 10.7. The van der Waals surface area contributed by atoms with Gasteiger partial charge in [0.05, 0.1) is 0 Å². The first kappa shape index (κ1) is 14.9. The maximum atomic E-state index is 12.6. The topological polar surface area (TPSA) is 52.7 Å². The van der Waals surface area contributed by atoms with Crippen LogP contribution in [0, 0.1) is 6.92 Å². The number of amides is 3. The second-order valence-electron chi connectivity index (χ2n) is 6.12. The lowest BCUT2D eigenvalue weighted by Gasteiger charge is -2.40. The number of piperidine rings is 1. The molecule has 0 saturated carbocycles. The van der Waals surface area contributed by atoms with E-state index in [0.29, 0.717) is 0 Å². The lowest BCUT2D eigenvalue weighted by atomic mass is 10.0. The van der Waals surface area contributed by atoms with E-state index in [1.165, 1.54) is 0 Å². The van der Waals surface area contributed by atoms with Crippen LogP contribution in [0.5, 0.6) is 0 Å². The van der Waals surface area contributed by atoms with Gasteiger partial charge in [-0.15, -0.1) is 0 Å². The molecule has 0 aromatic heterocycles. The van der Waals surface area contributed by atoms with Crippen molar-refractivity contribution in [3.63, 3.8) is 0 Å². The Kier molecular flexibility index (Phi) is 4.32. The summed E-state index contributed by atoms with van der Waals surface area (Å²) < 4.78 is 0. The van der Waals surface area contributed by atoms with Gasteiger partial charge in [-0.1, -0.05) is 18.2 Å². The lowest BCUT2D eigenvalue weighted by molar-refractivity contribution is 0.0642. The zero-order chi connectivity index (χ0) is 15.5. The molecule has 22 heavy (non-hydrogen) atoms. The van der Waals surface area contributed by atoms with E-state index in [-0.39, 0.29) is 18.0 Å². The van der Waals surface area contributed by atoms with Crippen molar-refractivity contribution in [1.82, 2.24) is 15.1 Å². The smallest absolute Gasteiger partial charge is 0.317 e. The lowest BCUT2D eigenvalue weighted by Crippen LogP contribution is -2.54. The van der Waals surface area contributed by atoms with E-state index in [0.717, 1.165) is 56.6 Å². The van der Waals surface area contributed by atoms with Gasteiger partial charge < -0.3 is 15.1 Å². The molecule has 0 aliphatic carbocycles. The van der Waals surface area contributed by atoms with Crippen molar-refractivity contribution in [2.45, 2.75) is 32.2 Å². The molecule has 0 spiro atoms. The maximum absolute atomic E-state index is 12.6. The number of carbonyl (C=O) groups is 2. The van der Waals surface area contributed by atoms with Gasteiger partial charge in [0, 0.05) is 37.8 Å². The van der Waals surface area contributed by atoms with Crippen LogP contribution in [0.3, 0.4) is 0 Å². The van der Waals surface area contributed by atoms with Gasteiger partial charge >= 0.3 is 6.03 Å². The highest BCUT2D eigenvalue weighted by Gasteiger charge is 2.31. The number of likely N-dealkylation sites (tertiary alicyclic amines) is 1. The highest BCUT2D eigenvalue weighted by molar-refractivity contribution is 5.95. The Morgan fingerprint density at radius 1 is 1.18 bits per heavy atom. The van der Waals surface area contributed by atoms with Gasteiger partial charge in [-0.25, -0.2) is 4.79 Å². The van der Waals surface area contributed by atoms with Crippen LogP contribution < -0.4 is 5.32 Å². The zero-order valence-corrected chi connectivity index (χ0v) is 13.0. The van der Waals surface area contributed by atoms with Gasteiger partial charge in [0.1, 0.15) is 0 Å². The second-order valence-corrected chi connectivity index (χ2v) is 6.12. The molecule has 2 heterocycles. The normalized spacial score (nSPS) is 20.0. The Bertz CT molecular complexity index is 565. The minimum atomic E-state index is 0.0509. The quantitative estimate of drug-likeness (QED) is 0.908. The number of urea groups is 1. The van der Waals surface area contributed by atoms with Gasteiger partial charge in [-0.3, -0.25) is 4.79 Å². The van der Waals surface area contributed by atoms with Gasteiger partial charge in [-0.05, 0) is 37.8 Å². The Morgan fingerprint density at radius 2 is 1.91 bits per heavy atom. The molecular weight excluding hydrogens is 278 g/mol. The third-order valence-electron chi connectivity index (χ3n) is 4.68. The molecule has 3 rings (SSSR count). The number of nitrogens with one attached hydrogen (secondary N) is 1. The molecule has 0 radical (unpaired) electrons. The Balaban J connectivity index is 1.61. The number of hydrogen-bond acceptors (Lipinski definition) is 2. The minimum Gasteiger partial charge on any atom is -0.338 e. The average Bonchev–Trinajstić information content (AvgIpc) is 2.55. The Morgan fingerprint density at radius 3 is 2.59 bits per heavy atom. The summed E-state index contributed by atoms with van der Waals surface area (Å²) in [4.78, 5) is 28.4. The molecule has 5 heteroatoms. The van der Waals surface area contributed by atoms with Crippen molar-refractivity contribution in [3.8, 4) is 0 Å². The summed E-state index contributed by atoms with van der Waals surface area (Å²) in [7, 11) is 0. The predicted molar refractivity (Wildman–Crippen MR) is 84.8 cm³/mol. The molecule has 1 aromatic carbocycles.